The van der Waals surface area contributed by atoms with Crippen molar-refractivity contribution >= 4 is 28.9 Å². The maximum Gasteiger partial charge on any atom is 0.224 e. The molecule has 0 fully saturated rings. The number of hydrogen-bond donors (Lipinski definition) is 2. The van der Waals surface area contributed by atoms with E-state index in [1.165, 1.54) is 0 Å². The summed E-state index contributed by atoms with van der Waals surface area (Å²) in [5, 5.41) is 7.05. The van der Waals surface area contributed by atoms with Crippen LogP contribution in [0.3, 0.4) is 0 Å². The Morgan fingerprint density at radius 1 is 0.967 bits per heavy atom. The molecule has 0 bridgehead atoms. The lowest BCUT2D eigenvalue weighted by molar-refractivity contribution is -0.116. The van der Waals surface area contributed by atoms with Crippen molar-refractivity contribution in [3.63, 3.8) is 0 Å². The molecule has 0 saturated heterocycles. The molecule has 0 heterocycles. The minimum Gasteiger partial charge on any atom is -0.489 e. The van der Waals surface area contributed by atoms with Gasteiger partial charge in [0.1, 0.15) is 12.4 Å². The summed E-state index contributed by atoms with van der Waals surface area (Å²) in [6.45, 7) is 5.13. The molecular formula is C25H27ClN2O2. The van der Waals surface area contributed by atoms with E-state index in [1.807, 2.05) is 86.6 Å². The van der Waals surface area contributed by atoms with Crippen molar-refractivity contribution < 1.29 is 9.53 Å². The van der Waals surface area contributed by atoms with Gasteiger partial charge in [-0.25, -0.2) is 0 Å². The summed E-state index contributed by atoms with van der Waals surface area (Å²) in [5.74, 6) is 1.16. The third-order valence-electron chi connectivity index (χ3n) is 4.49. The van der Waals surface area contributed by atoms with Crippen molar-refractivity contribution in [3.05, 3.63) is 88.9 Å². The minimum absolute atomic E-state index is 0.0329. The monoisotopic (exact) mass is 422 g/mol. The van der Waals surface area contributed by atoms with E-state index in [1.54, 1.807) is 0 Å². The Morgan fingerprint density at radius 3 is 2.53 bits per heavy atom. The molecule has 0 unspecified atom stereocenters. The molecule has 1 amide bonds. The van der Waals surface area contributed by atoms with Crippen LogP contribution in [-0.4, -0.2) is 5.91 Å². The summed E-state index contributed by atoms with van der Waals surface area (Å²) >= 11 is 6.19. The fraction of sp³-hybridized carbons (Fsp3) is 0.240. The normalized spacial score (nSPS) is 10.7. The molecule has 0 saturated carbocycles. The molecule has 3 aromatic rings. The zero-order valence-corrected chi connectivity index (χ0v) is 18.1. The molecule has 0 aromatic heterocycles. The Morgan fingerprint density at radius 2 is 1.73 bits per heavy atom. The lowest BCUT2D eigenvalue weighted by Gasteiger charge is -2.12. The minimum atomic E-state index is 0.0329. The van der Waals surface area contributed by atoms with Crippen LogP contribution in [0.25, 0.3) is 0 Å². The summed E-state index contributed by atoms with van der Waals surface area (Å²) in [4.78, 5) is 12.0. The van der Waals surface area contributed by atoms with Crippen molar-refractivity contribution in [2.24, 2.45) is 5.92 Å². The van der Waals surface area contributed by atoms with Gasteiger partial charge in [-0.1, -0.05) is 61.8 Å². The number of hydrogen-bond acceptors (Lipinski definition) is 3. The van der Waals surface area contributed by atoms with E-state index < -0.39 is 0 Å². The van der Waals surface area contributed by atoms with Crippen LogP contribution in [0.2, 0.25) is 5.02 Å². The molecule has 0 aliphatic heterocycles. The van der Waals surface area contributed by atoms with E-state index in [9.17, 15) is 4.79 Å². The number of carbonyl (C=O) groups is 1. The zero-order valence-electron chi connectivity index (χ0n) is 17.3. The van der Waals surface area contributed by atoms with E-state index >= 15 is 0 Å². The third-order valence-corrected chi connectivity index (χ3v) is 4.86. The lowest BCUT2D eigenvalue weighted by Crippen LogP contribution is -2.13. The highest BCUT2D eigenvalue weighted by Crippen LogP contribution is 2.21. The number of amides is 1. The molecule has 4 nitrogen and oxygen atoms in total. The van der Waals surface area contributed by atoms with Crippen LogP contribution >= 0.6 is 11.6 Å². The van der Waals surface area contributed by atoms with Crippen LogP contribution in [0.15, 0.2) is 72.8 Å². The van der Waals surface area contributed by atoms with Gasteiger partial charge in [-0.05, 0) is 47.9 Å². The SMILES string of the molecule is CC(C)CC(=O)Nc1cccc(NCc2cccc(OCc3ccccc3Cl)c2)c1. The fourth-order valence-corrected chi connectivity index (χ4v) is 3.21. The largest absolute Gasteiger partial charge is 0.489 e. The second kappa shape index (κ2) is 10.7. The molecule has 5 heteroatoms. The first kappa shape index (κ1) is 21.7. The zero-order chi connectivity index (χ0) is 21.3. The van der Waals surface area contributed by atoms with Crippen LogP contribution < -0.4 is 15.4 Å². The molecule has 0 atom stereocenters. The average molecular weight is 423 g/mol. The van der Waals surface area contributed by atoms with Crippen LogP contribution in [0, 0.1) is 5.92 Å². The second-order valence-corrected chi connectivity index (χ2v) is 8.02. The quantitative estimate of drug-likeness (QED) is 0.413. The van der Waals surface area contributed by atoms with Crippen molar-refractivity contribution in [2.75, 3.05) is 10.6 Å². The van der Waals surface area contributed by atoms with Crippen molar-refractivity contribution in [1.29, 1.82) is 0 Å². The number of ether oxygens (including phenoxy) is 1. The van der Waals surface area contributed by atoms with Gasteiger partial charge in [0.25, 0.3) is 0 Å². The summed E-state index contributed by atoms with van der Waals surface area (Å²) in [6, 6.07) is 23.4. The number of anilines is 2. The number of rotatable bonds is 9. The first-order valence-corrected chi connectivity index (χ1v) is 10.5. The van der Waals surface area contributed by atoms with E-state index in [0.717, 1.165) is 28.3 Å². The van der Waals surface area contributed by atoms with E-state index in [0.29, 0.717) is 30.5 Å². The van der Waals surface area contributed by atoms with Crippen LogP contribution in [0.4, 0.5) is 11.4 Å². The average Bonchev–Trinajstić information content (AvgIpc) is 2.72. The highest BCUT2D eigenvalue weighted by molar-refractivity contribution is 6.31. The molecular weight excluding hydrogens is 396 g/mol. The van der Waals surface area contributed by atoms with Crippen molar-refractivity contribution in [3.8, 4) is 5.75 Å². The molecule has 3 rings (SSSR count). The molecule has 2 N–H and O–H groups in total. The predicted molar refractivity (Wildman–Crippen MR) is 124 cm³/mol. The summed E-state index contributed by atoms with van der Waals surface area (Å²) in [6.07, 6.45) is 0.513. The molecule has 0 aliphatic carbocycles. The molecule has 156 valence electrons. The van der Waals surface area contributed by atoms with E-state index in [2.05, 4.69) is 10.6 Å². The van der Waals surface area contributed by atoms with Gasteiger partial charge >= 0.3 is 0 Å². The molecule has 0 spiro atoms. The van der Waals surface area contributed by atoms with Gasteiger partial charge in [-0.15, -0.1) is 0 Å². The number of halogens is 1. The Balaban J connectivity index is 1.56. The summed E-state index contributed by atoms with van der Waals surface area (Å²) in [5.41, 5.74) is 3.79. The molecule has 30 heavy (non-hydrogen) atoms. The maximum atomic E-state index is 12.0. The van der Waals surface area contributed by atoms with Gasteiger partial charge in [0, 0.05) is 34.9 Å². The Kier molecular flexibility index (Phi) is 7.75. The first-order valence-electron chi connectivity index (χ1n) is 10.1. The van der Waals surface area contributed by atoms with Gasteiger partial charge in [-0.2, -0.15) is 0 Å². The topological polar surface area (TPSA) is 50.4 Å². The lowest BCUT2D eigenvalue weighted by atomic mass is 10.1. The summed E-state index contributed by atoms with van der Waals surface area (Å²) < 4.78 is 5.90. The Labute approximate surface area is 183 Å². The van der Waals surface area contributed by atoms with E-state index in [4.69, 9.17) is 16.3 Å². The van der Waals surface area contributed by atoms with Gasteiger partial charge in [0.2, 0.25) is 5.91 Å². The second-order valence-electron chi connectivity index (χ2n) is 7.61. The molecule has 0 aliphatic rings. The number of carbonyl (C=O) groups excluding carboxylic acids is 1. The standard InChI is InChI=1S/C25H27ClN2O2/c1-18(2)13-25(29)28-22-10-6-9-21(15-22)27-16-19-7-5-11-23(14-19)30-17-20-8-3-4-12-24(20)26/h3-12,14-15,18,27H,13,16-17H2,1-2H3,(H,28,29). The maximum absolute atomic E-state index is 12.0. The Bertz CT molecular complexity index is 988. The van der Waals surface area contributed by atoms with Gasteiger partial charge in [0.05, 0.1) is 0 Å². The molecule has 3 aromatic carbocycles. The molecule has 0 radical (unpaired) electrons. The van der Waals surface area contributed by atoms with Crippen LogP contribution in [0.1, 0.15) is 31.4 Å². The van der Waals surface area contributed by atoms with Gasteiger partial charge < -0.3 is 15.4 Å². The highest BCUT2D eigenvalue weighted by Gasteiger charge is 2.06. The smallest absolute Gasteiger partial charge is 0.224 e. The van der Waals surface area contributed by atoms with Crippen LogP contribution in [0.5, 0.6) is 5.75 Å². The van der Waals surface area contributed by atoms with E-state index in [-0.39, 0.29) is 5.91 Å². The highest BCUT2D eigenvalue weighted by atomic mass is 35.5. The predicted octanol–water partition coefficient (Wildman–Crippen LogP) is 6.52. The Hall–Kier alpha value is -2.98. The third kappa shape index (κ3) is 6.82. The summed E-state index contributed by atoms with van der Waals surface area (Å²) in [7, 11) is 0. The fourth-order valence-electron chi connectivity index (χ4n) is 3.02. The van der Waals surface area contributed by atoms with Gasteiger partial charge in [0.15, 0.2) is 0 Å². The van der Waals surface area contributed by atoms with Crippen LogP contribution in [-0.2, 0) is 17.9 Å². The number of benzene rings is 3. The van der Waals surface area contributed by atoms with Crippen molar-refractivity contribution in [2.45, 2.75) is 33.4 Å². The van der Waals surface area contributed by atoms with Crippen molar-refractivity contribution in [1.82, 2.24) is 0 Å². The number of nitrogens with one attached hydrogen (secondary N) is 2. The first-order chi connectivity index (χ1) is 14.5. The van der Waals surface area contributed by atoms with Gasteiger partial charge in [-0.3, -0.25) is 4.79 Å².